The van der Waals surface area contributed by atoms with Crippen molar-refractivity contribution in [3.05, 3.63) is 29.8 Å². The quantitative estimate of drug-likeness (QED) is 0.662. The van der Waals surface area contributed by atoms with Gasteiger partial charge in [-0.2, -0.15) is 0 Å². The van der Waals surface area contributed by atoms with E-state index in [1.54, 1.807) is 0 Å². The highest BCUT2D eigenvalue weighted by Crippen LogP contribution is 2.30. The van der Waals surface area contributed by atoms with Gasteiger partial charge in [-0.15, -0.1) is 0 Å². The lowest BCUT2D eigenvalue weighted by Gasteiger charge is -2.19. The number of alkyl halides is 2. The van der Waals surface area contributed by atoms with Crippen LogP contribution in [0.15, 0.2) is 24.3 Å². The summed E-state index contributed by atoms with van der Waals surface area (Å²) < 4.78 is 26.5. The largest absolute Gasteiger partial charge is 0.508 e. The van der Waals surface area contributed by atoms with Crippen LogP contribution in [0, 0.1) is 0 Å². The second-order valence-corrected chi connectivity index (χ2v) is 3.03. The number of halogens is 2. The summed E-state index contributed by atoms with van der Waals surface area (Å²) in [5.74, 6) is -5.69. The van der Waals surface area contributed by atoms with Gasteiger partial charge in [-0.25, -0.2) is 13.6 Å². The zero-order valence-corrected chi connectivity index (χ0v) is 7.52. The van der Waals surface area contributed by atoms with Gasteiger partial charge in [0.15, 0.2) is 6.17 Å². The van der Waals surface area contributed by atoms with Crippen molar-refractivity contribution in [2.75, 3.05) is 0 Å². The Labute approximate surface area is 83.9 Å². The predicted octanol–water partition coefficient (Wildman–Crippen LogP) is 1.11. The third-order valence-electron chi connectivity index (χ3n) is 1.88. The monoisotopic (exact) mass is 217 g/mol. The minimum atomic E-state index is -3.48. The summed E-state index contributed by atoms with van der Waals surface area (Å²) >= 11 is 0. The Morgan fingerprint density at radius 1 is 1.40 bits per heavy atom. The maximum absolute atomic E-state index is 13.3. The lowest BCUT2D eigenvalue weighted by molar-refractivity contribution is -0.155. The number of rotatable bonds is 3. The molecule has 0 saturated carbocycles. The molecular weight excluding hydrogens is 208 g/mol. The van der Waals surface area contributed by atoms with Gasteiger partial charge in [-0.05, 0) is 17.7 Å². The molecule has 0 saturated heterocycles. The molecule has 0 heterocycles. The molecule has 82 valence electrons. The molecule has 0 fully saturated rings. The van der Waals surface area contributed by atoms with E-state index in [1.165, 1.54) is 0 Å². The molecule has 0 aromatic heterocycles. The topological polar surface area (TPSA) is 83.6 Å². The highest BCUT2D eigenvalue weighted by atomic mass is 19.2. The molecule has 0 amide bonds. The van der Waals surface area contributed by atoms with E-state index in [0.717, 1.165) is 24.3 Å². The van der Waals surface area contributed by atoms with Gasteiger partial charge in [-0.1, -0.05) is 12.1 Å². The number of hydrogen-bond acceptors (Lipinski definition) is 3. The van der Waals surface area contributed by atoms with Crippen molar-refractivity contribution in [2.24, 2.45) is 5.73 Å². The van der Waals surface area contributed by atoms with Crippen molar-refractivity contribution in [1.82, 2.24) is 0 Å². The summed E-state index contributed by atoms with van der Waals surface area (Å²) in [6.07, 6.45) is -2.49. The Morgan fingerprint density at radius 2 is 1.87 bits per heavy atom. The lowest BCUT2D eigenvalue weighted by Crippen LogP contribution is -2.47. The number of hydrogen-bond donors (Lipinski definition) is 3. The first-order valence-electron chi connectivity index (χ1n) is 4.00. The molecule has 0 radical (unpaired) electrons. The summed E-state index contributed by atoms with van der Waals surface area (Å²) in [6, 6.07) is 4.34. The molecule has 1 unspecified atom stereocenters. The Balaban J connectivity index is 2.99. The molecule has 1 aromatic rings. The first-order valence-corrected chi connectivity index (χ1v) is 4.00. The van der Waals surface area contributed by atoms with Crippen LogP contribution in [0.1, 0.15) is 11.7 Å². The Hall–Kier alpha value is -1.69. The number of carboxylic acid groups (broad SMARTS) is 1. The zero-order chi connectivity index (χ0) is 11.6. The molecule has 1 rings (SSSR count). The number of carbonyl (C=O) groups is 1. The molecule has 1 aromatic carbocycles. The van der Waals surface area contributed by atoms with E-state index in [0.29, 0.717) is 0 Å². The first kappa shape index (κ1) is 11.4. The minimum absolute atomic E-state index is 0.136. The molecule has 6 heteroatoms. The summed E-state index contributed by atoms with van der Waals surface area (Å²) in [6.45, 7) is 0. The normalized spacial score (nSPS) is 16.7. The Morgan fingerprint density at radius 3 is 2.27 bits per heavy atom. The van der Waals surface area contributed by atoms with E-state index in [4.69, 9.17) is 10.2 Å². The molecule has 0 aliphatic carbocycles. The molecule has 0 spiro atoms. The highest BCUT2D eigenvalue weighted by molar-refractivity contribution is 5.77. The lowest BCUT2D eigenvalue weighted by atomic mass is 10.0. The van der Waals surface area contributed by atoms with Gasteiger partial charge in [0.1, 0.15) is 5.75 Å². The summed E-state index contributed by atoms with van der Waals surface area (Å²) in [7, 11) is 0. The van der Waals surface area contributed by atoms with Crippen LogP contribution in [0.3, 0.4) is 0 Å². The second-order valence-electron chi connectivity index (χ2n) is 3.03. The average Bonchev–Trinajstić information content (AvgIpc) is 2.17. The number of phenolic OH excluding ortho intramolecular Hbond substituents is 1. The number of nitrogens with two attached hydrogens (primary N) is 1. The van der Waals surface area contributed by atoms with Crippen LogP contribution in [-0.2, 0) is 4.79 Å². The number of benzene rings is 1. The molecular formula is C9H9F2NO3. The van der Waals surface area contributed by atoms with Crippen LogP contribution in [0.4, 0.5) is 8.78 Å². The molecule has 2 atom stereocenters. The van der Waals surface area contributed by atoms with Crippen LogP contribution in [0.2, 0.25) is 0 Å². The third kappa shape index (κ3) is 2.21. The zero-order valence-electron chi connectivity index (χ0n) is 7.52. The SMILES string of the molecule is N[C@](F)(C(=O)O)C(F)c1ccc(O)cc1. The molecule has 4 N–H and O–H groups in total. The third-order valence-corrected chi connectivity index (χ3v) is 1.88. The van der Waals surface area contributed by atoms with E-state index < -0.39 is 17.9 Å². The van der Waals surface area contributed by atoms with Gasteiger partial charge in [0.05, 0.1) is 0 Å². The number of aliphatic carboxylic acids is 1. The van der Waals surface area contributed by atoms with Crippen molar-refractivity contribution in [3.63, 3.8) is 0 Å². The van der Waals surface area contributed by atoms with Gasteiger partial charge >= 0.3 is 5.97 Å². The fraction of sp³-hybridized carbons (Fsp3) is 0.222. The Kier molecular flexibility index (Phi) is 2.90. The predicted molar refractivity (Wildman–Crippen MR) is 47.6 cm³/mol. The number of phenols is 1. The molecule has 0 aliphatic heterocycles. The molecule has 4 nitrogen and oxygen atoms in total. The maximum atomic E-state index is 13.3. The van der Waals surface area contributed by atoms with E-state index in [9.17, 15) is 13.6 Å². The first-order chi connectivity index (χ1) is 6.85. The van der Waals surface area contributed by atoms with Crippen molar-refractivity contribution >= 4 is 5.97 Å². The van der Waals surface area contributed by atoms with E-state index in [-0.39, 0.29) is 11.3 Å². The van der Waals surface area contributed by atoms with Gasteiger partial charge in [-0.3, -0.25) is 5.73 Å². The second kappa shape index (κ2) is 3.82. The fourth-order valence-electron chi connectivity index (χ4n) is 0.994. The summed E-state index contributed by atoms with van der Waals surface area (Å²) in [5.41, 5.74) is 4.42. The molecule has 0 aliphatic rings. The minimum Gasteiger partial charge on any atom is -0.508 e. The summed E-state index contributed by atoms with van der Waals surface area (Å²) in [5, 5.41) is 17.2. The van der Waals surface area contributed by atoms with E-state index in [2.05, 4.69) is 5.73 Å². The van der Waals surface area contributed by atoms with Crippen molar-refractivity contribution in [2.45, 2.75) is 12.0 Å². The van der Waals surface area contributed by atoms with Crippen molar-refractivity contribution in [1.29, 1.82) is 0 Å². The van der Waals surface area contributed by atoms with Crippen LogP contribution >= 0.6 is 0 Å². The van der Waals surface area contributed by atoms with Crippen LogP contribution in [0.25, 0.3) is 0 Å². The van der Waals surface area contributed by atoms with Crippen molar-refractivity contribution < 1.29 is 23.8 Å². The van der Waals surface area contributed by atoms with E-state index >= 15 is 0 Å². The van der Waals surface area contributed by atoms with Crippen LogP contribution in [-0.4, -0.2) is 22.0 Å². The molecule has 0 bridgehead atoms. The molecule has 15 heavy (non-hydrogen) atoms. The smallest absolute Gasteiger partial charge is 0.360 e. The maximum Gasteiger partial charge on any atom is 0.360 e. The van der Waals surface area contributed by atoms with Gasteiger partial charge in [0.25, 0.3) is 5.79 Å². The fourth-order valence-corrected chi connectivity index (χ4v) is 0.994. The van der Waals surface area contributed by atoms with Gasteiger partial charge < -0.3 is 10.2 Å². The number of carboxylic acids is 1. The Bertz CT molecular complexity index is 364. The van der Waals surface area contributed by atoms with Crippen LogP contribution in [0.5, 0.6) is 5.75 Å². The summed E-state index contributed by atoms with van der Waals surface area (Å²) in [4.78, 5) is 10.3. The van der Waals surface area contributed by atoms with E-state index in [1.807, 2.05) is 0 Å². The van der Waals surface area contributed by atoms with Gasteiger partial charge in [0.2, 0.25) is 0 Å². The van der Waals surface area contributed by atoms with Gasteiger partial charge in [0, 0.05) is 0 Å². The average molecular weight is 217 g/mol. The van der Waals surface area contributed by atoms with Crippen LogP contribution < -0.4 is 5.73 Å². The standard InChI is InChI=1S/C9H9F2NO3/c10-7(9(11,12)8(14)15)5-1-3-6(13)4-2-5/h1-4,7,13H,12H2,(H,14,15)/t7?,9-/m0/s1. The highest BCUT2D eigenvalue weighted by Gasteiger charge is 2.44. The number of aromatic hydroxyl groups is 1. The van der Waals surface area contributed by atoms with Crippen molar-refractivity contribution in [3.8, 4) is 5.75 Å².